The molecule has 0 aliphatic heterocycles. The molecule has 3 heterocycles. The van der Waals surface area contributed by atoms with Gasteiger partial charge < -0.3 is 5.32 Å². The lowest BCUT2D eigenvalue weighted by molar-refractivity contribution is 0.786. The Morgan fingerprint density at radius 3 is 3.16 bits per heavy atom. The van der Waals surface area contributed by atoms with Crippen LogP contribution in [-0.4, -0.2) is 26.1 Å². The van der Waals surface area contributed by atoms with Gasteiger partial charge in [0.05, 0.1) is 5.01 Å². The van der Waals surface area contributed by atoms with Crippen LogP contribution in [0.1, 0.15) is 23.4 Å². The highest BCUT2D eigenvalue weighted by Gasteiger charge is 2.09. The number of aromatic nitrogens is 4. The molecule has 0 aromatic carbocycles. The molecule has 0 saturated heterocycles. The molecule has 19 heavy (non-hydrogen) atoms. The summed E-state index contributed by atoms with van der Waals surface area (Å²) in [6.45, 7) is 4.97. The van der Waals surface area contributed by atoms with Crippen molar-refractivity contribution < 1.29 is 0 Å². The Balaban J connectivity index is 1.71. The summed E-state index contributed by atoms with van der Waals surface area (Å²) in [5.74, 6) is 1.02. The van der Waals surface area contributed by atoms with Crippen LogP contribution < -0.4 is 5.32 Å². The molecule has 0 aliphatic rings. The Morgan fingerprint density at radius 2 is 2.37 bits per heavy atom. The van der Waals surface area contributed by atoms with E-state index in [2.05, 4.69) is 27.3 Å². The van der Waals surface area contributed by atoms with Crippen LogP contribution >= 0.6 is 11.3 Å². The van der Waals surface area contributed by atoms with Crippen LogP contribution in [-0.2, 0) is 0 Å². The van der Waals surface area contributed by atoms with Crippen molar-refractivity contribution in [3.63, 3.8) is 0 Å². The van der Waals surface area contributed by atoms with Crippen molar-refractivity contribution >= 4 is 22.9 Å². The van der Waals surface area contributed by atoms with Gasteiger partial charge in [-0.15, -0.1) is 16.4 Å². The van der Waals surface area contributed by atoms with E-state index in [1.807, 2.05) is 36.8 Å². The van der Waals surface area contributed by atoms with Crippen molar-refractivity contribution in [3.8, 4) is 0 Å². The maximum atomic E-state index is 4.45. The SMILES string of the molecule is Cc1ccn2nc(NCC(C)c3nccs3)nc2c1. The third kappa shape index (κ3) is 2.58. The molecule has 5 nitrogen and oxygen atoms in total. The third-order valence-electron chi connectivity index (χ3n) is 2.93. The number of anilines is 1. The number of pyridine rings is 1. The fraction of sp³-hybridized carbons (Fsp3) is 0.308. The molecule has 1 unspecified atom stereocenters. The molecular formula is C13H15N5S. The summed E-state index contributed by atoms with van der Waals surface area (Å²) < 4.78 is 1.78. The van der Waals surface area contributed by atoms with Crippen LogP contribution in [0.5, 0.6) is 0 Å². The summed E-state index contributed by atoms with van der Waals surface area (Å²) in [5.41, 5.74) is 2.05. The van der Waals surface area contributed by atoms with Crippen LogP contribution in [0.4, 0.5) is 5.95 Å². The first kappa shape index (κ1) is 12.1. The van der Waals surface area contributed by atoms with Gasteiger partial charge in [0, 0.05) is 30.2 Å². The molecule has 0 radical (unpaired) electrons. The number of nitrogens with zero attached hydrogens (tertiary/aromatic N) is 4. The summed E-state index contributed by atoms with van der Waals surface area (Å²) in [4.78, 5) is 8.77. The molecule has 3 aromatic rings. The number of hydrogen-bond donors (Lipinski definition) is 1. The lowest BCUT2D eigenvalue weighted by Gasteiger charge is -2.07. The summed E-state index contributed by atoms with van der Waals surface area (Å²) >= 11 is 1.68. The second-order valence-corrected chi connectivity index (χ2v) is 5.52. The van der Waals surface area contributed by atoms with Crippen molar-refractivity contribution in [2.45, 2.75) is 19.8 Å². The predicted molar refractivity (Wildman–Crippen MR) is 76.7 cm³/mol. The van der Waals surface area contributed by atoms with Gasteiger partial charge in [-0.2, -0.15) is 4.98 Å². The monoisotopic (exact) mass is 273 g/mol. The molecule has 1 N–H and O–H groups in total. The molecule has 0 fully saturated rings. The van der Waals surface area contributed by atoms with Gasteiger partial charge in [-0.3, -0.25) is 0 Å². The van der Waals surface area contributed by atoms with E-state index < -0.39 is 0 Å². The van der Waals surface area contributed by atoms with E-state index >= 15 is 0 Å². The smallest absolute Gasteiger partial charge is 0.243 e. The minimum absolute atomic E-state index is 0.355. The zero-order chi connectivity index (χ0) is 13.2. The highest BCUT2D eigenvalue weighted by molar-refractivity contribution is 7.09. The zero-order valence-electron chi connectivity index (χ0n) is 10.9. The van der Waals surface area contributed by atoms with Gasteiger partial charge in [-0.25, -0.2) is 9.50 Å². The fourth-order valence-corrected chi connectivity index (χ4v) is 2.57. The molecule has 1 atom stereocenters. The third-order valence-corrected chi connectivity index (χ3v) is 3.94. The zero-order valence-corrected chi connectivity index (χ0v) is 11.7. The number of aryl methyl sites for hydroxylation is 1. The molecule has 0 aliphatic carbocycles. The highest BCUT2D eigenvalue weighted by atomic mass is 32.1. The molecule has 0 saturated carbocycles. The minimum atomic E-state index is 0.355. The molecule has 6 heteroatoms. The average molecular weight is 273 g/mol. The van der Waals surface area contributed by atoms with E-state index in [0.717, 1.165) is 17.2 Å². The van der Waals surface area contributed by atoms with Gasteiger partial charge in [0.15, 0.2) is 5.65 Å². The van der Waals surface area contributed by atoms with Gasteiger partial charge in [0.2, 0.25) is 5.95 Å². The van der Waals surface area contributed by atoms with E-state index in [4.69, 9.17) is 0 Å². The predicted octanol–water partition coefficient (Wildman–Crippen LogP) is 2.71. The van der Waals surface area contributed by atoms with E-state index in [1.54, 1.807) is 15.9 Å². The van der Waals surface area contributed by atoms with Gasteiger partial charge >= 0.3 is 0 Å². The standard InChI is InChI=1S/C13H15N5S/c1-9-3-5-18-11(7-9)16-13(17-18)15-8-10(2)12-14-4-6-19-12/h3-7,10H,8H2,1-2H3,(H,15,17). The maximum absolute atomic E-state index is 4.45. The van der Waals surface area contributed by atoms with Crippen LogP contribution in [0.3, 0.4) is 0 Å². The van der Waals surface area contributed by atoms with E-state index in [9.17, 15) is 0 Å². The lowest BCUT2D eigenvalue weighted by atomic mass is 10.2. The van der Waals surface area contributed by atoms with Gasteiger partial charge in [0.25, 0.3) is 0 Å². The number of thiazole rings is 1. The normalized spacial score (nSPS) is 12.7. The van der Waals surface area contributed by atoms with Crippen LogP contribution in [0.2, 0.25) is 0 Å². The minimum Gasteiger partial charge on any atom is -0.352 e. The number of fused-ring (bicyclic) bond motifs is 1. The average Bonchev–Trinajstić information content (AvgIpc) is 3.04. The number of hydrogen-bond acceptors (Lipinski definition) is 5. The van der Waals surface area contributed by atoms with Crippen molar-refractivity contribution in [1.82, 2.24) is 19.6 Å². The second-order valence-electron chi connectivity index (χ2n) is 4.59. The molecule has 3 rings (SSSR count). The first-order valence-electron chi connectivity index (χ1n) is 6.18. The van der Waals surface area contributed by atoms with Crippen molar-refractivity contribution in [3.05, 3.63) is 40.5 Å². The Bertz CT molecular complexity index is 673. The number of nitrogens with one attached hydrogen (secondary N) is 1. The Hall–Kier alpha value is -1.95. The lowest BCUT2D eigenvalue weighted by Crippen LogP contribution is -2.10. The summed E-state index contributed by atoms with van der Waals surface area (Å²) in [6, 6.07) is 4.03. The first-order chi connectivity index (χ1) is 9.22. The van der Waals surface area contributed by atoms with Crippen LogP contribution in [0, 0.1) is 6.92 Å². The van der Waals surface area contributed by atoms with Gasteiger partial charge in [-0.1, -0.05) is 6.92 Å². The molecule has 0 bridgehead atoms. The molecular weight excluding hydrogens is 258 g/mol. The second kappa shape index (κ2) is 4.97. The van der Waals surface area contributed by atoms with E-state index in [0.29, 0.717) is 11.9 Å². The van der Waals surface area contributed by atoms with Crippen molar-refractivity contribution in [2.75, 3.05) is 11.9 Å². The topological polar surface area (TPSA) is 55.1 Å². The van der Waals surface area contributed by atoms with Crippen LogP contribution in [0.15, 0.2) is 29.9 Å². The molecule has 98 valence electrons. The van der Waals surface area contributed by atoms with Crippen molar-refractivity contribution in [2.24, 2.45) is 0 Å². The van der Waals surface area contributed by atoms with E-state index in [-0.39, 0.29) is 0 Å². The first-order valence-corrected chi connectivity index (χ1v) is 7.06. The van der Waals surface area contributed by atoms with Gasteiger partial charge in [0.1, 0.15) is 0 Å². The summed E-state index contributed by atoms with van der Waals surface area (Å²) in [5, 5.41) is 10.8. The molecule has 0 amide bonds. The van der Waals surface area contributed by atoms with Crippen molar-refractivity contribution in [1.29, 1.82) is 0 Å². The summed E-state index contributed by atoms with van der Waals surface area (Å²) in [6.07, 6.45) is 3.76. The summed E-state index contributed by atoms with van der Waals surface area (Å²) in [7, 11) is 0. The largest absolute Gasteiger partial charge is 0.352 e. The molecule has 3 aromatic heterocycles. The van der Waals surface area contributed by atoms with E-state index in [1.165, 1.54) is 5.56 Å². The Labute approximate surface area is 115 Å². The quantitative estimate of drug-likeness (QED) is 0.794. The number of rotatable bonds is 4. The van der Waals surface area contributed by atoms with Gasteiger partial charge in [-0.05, 0) is 24.6 Å². The fourth-order valence-electron chi connectivity index (χ4n) is 1.87. The Kier molecular flexibility index (Phi) is 3.16. The highest BCUT2D eigenvalue weighted by Crippen LogP contribution is 2.17. The molecule has 0 spiro atoms. The maximum Gasteiger partial charge on any atom is 0.243 e. The van der Waals surface area contributed by atoms with Crippen LogP contribution in [0.25, 0.3) is 5.65 Å². The Morgan fingerprint density at radius 1 is 1.47 bits per heavy atom.